The number of hydrogen-bond acceptors (Lipinski definition) is 5. The average molecular weight is 314 g/mol. The Hall–Kier alpha value is -0.650. The van der Waals surface area contributed by atoms with Gasteiger partial charge in [0, 0.05) is 23.7 Å². The first-order chi connectivity index (χ1) is 9.83. The maximum absolute atomic E-state index is 10.9. The van der Waals surface area contributed by atoms with Gasteiger partial charge in [-0.25, -0.2) is 0 Å². The summed E-state index contributed by atoms with van der Waals surface area (Å²) >= 11 is 3.46. The molecule has 0 N–H and O–H groups in total. The predicted molar refractivity (Wildman–Crippen MR) is 87.1 cm³/mol. The van der Waals surface area contributed by atoms with Crippen molar-refractivity contribution in [2.75, 3.05) is 30.7 Å². The van der Waals surface area contributed by atoms with Crippen LogP contribution in [-0.4, -0.2) is 36.6 Å². The van der Waals surface area contributed by atoms with Crippen molar-refractivity contribution < 1.29 is 14.3 Å². The van der Waals surface area contributed by atoms with E-state index in [0.717, 1.165) is 23.9 Å². The Kier molecular flexibility index (Phi) is 10.5. The van der Waals surface area contributed by atoms with Crippen LogP contribution in [0.2, 0.25) is 0 Å². The Morgan fingerprint density at radius 2 is 1.80 bits per heavy atom. The molecule has 3 nitrogen and oxygen atoms in total. The summed E-state index contributed by atoms with van der Waals surface area (Å²) in [6, 6.07) is 10.4. The number of carbonyl (C=O) groups excluding carboxylic acids is 1. The summed E-state index contributed by atoms with van der Waals surface area (Å²) in [6.07, 6.45) is 0.440. The van der Waals surface area contributed by atoms with E-state index in [9.17, 15) is 4.79 Å². The van der Waals surface area contributed by atoms with Gasteiger partial charge in [0.05, 0.1) is 13.2 Å². The molecule has 0 heterocycles. The molecule has 0 unspecified atom stereocenters. The summed E-state index contributed by atoms with van der Waals surface area (Å²) in [6.45, 7) is 3.27. The second kappa shape index (κ2) is 12.1. The SMILES string of the molecule is CCC(=O)OCSCCOCCSCc1ccccc1. The highest BCUT2D eigenvalue weighted by molar-refractivity contribution is 7.99. The molecule has 0 atom stereocenters. The van der Waals surface area contributed by atoms with Gasteiger partial charge in [-0.05, 0) is 5.56 Å². The van der Waals surface area contributed by atoms with E-state index in [1.807, 2.05) is 17.8 Å². The zero-order valence-electron chi connectivity index (χ0n) is 11.9. The second-order valence-corrected chi connectivity index (χ2v) is 6.20. The third-order valence-electron chi connectivity index (χ3n) is 2.45. The molecule has 0 bridgehead atoms. The van der Waals surface area contributed by atoms with Gasteiger partial charge in [0.1, 0.15) is 5.94 Å². The maximum Gasteiger partial charge on any atom is 0.306 e. The van der Waals surface area contributed by atoms with Crippen molar-refractivity contribution in [1.29, 1.82) is 0 Å². The predicted octanol–water partition coefficient (Wildman–Crippen LogP) is 3.58. The Labute approximate surface area is 129 Å². The molecule has 20 heavy (non-hydrogen) atoms. The first-order valence-electron chi connectivity index (χ1n) is 6.75. The van der Waals surface area contributed by atoms with Crippen LogP contribution in [0, 0.1) is 0 Å². The van der Waals surface area contributed by atoms with Gasteiger partial charge in [-0.2, -0.15) is 11.8 Å². The lowest BCUT2D eigenvalue weighted by Crippen LogP contribution is -2.05. The molecule has 0 aliphatic carbocycles. The summed E-state index contributed by atoms with van der Waals surface area (Å²) in [7, 11) is 0. The lowest BCUT2D eigenvalue weighted by molar-refractivity contribution is -0.140. The minimum absolute atomic E-state index is 0.143. The van der Waals surface area contributed by atoms with E-state index in [1.165, 1.54) is 5.56 Å². The molecule has 1 aromatic carbocycles. The Morgan fingerprint density at radius 3 is 2.50 bits per heavy atom. The first kappa shape index (κ1) is 17.4. The maximum atomic E-state index is 10.9. The van der Waals surface area contributed by atoms with Crippen molar-refractivity contribution in [2.24, 2.45) is 0 Å². The fraction of sp³-hybridized carbons (Fsp3) is 0.533. The number of ether oxygens (including phenoxy) is 2. The van der Waals surface area contributed by atoms with Crippen molar-refractivity contribution in [1.82, 2.24) is 0 Å². The molecular weight excluding hydrogens is 292 g/mol. The van der Waals surface area contributed by atoms with Gasteiger partial charge in [0.25, 0.3) is 0 Å². The van der Waals surface area contributed by atoms with Gasteiger partial charge in [0.2, 0.25) is 0 Å². The number of hydrogen-bond donors (Lipinski definition) is 0. The van der Waals surface area contributed by atoms with Crippen molar-refractivity contribution >= 4 is 29.5 Å². The largest absolute Gasteiger partial charge is 0.455 e. The monoisotopic (exact) mass is 314 g/mol. The van der Waals surface area contributed by atoms with Crippen LogP contribution in [0.15, 0.2) is 30.3 Å². The van der Waals surface area contributed by atoms with Crippen molar-refractivity contribution in [3.63, 3.8) is 0 Å². The second-order valence-electron chi connectivity index (χ2n) is 4.05. The molecule has 0 radical (unpaired) electrons. The van der Waals surface area contributed by atoms with Gasteiger partial charge < -0.3 is 9.47 Å². The highest BCUT2D eigenvalue weighted by Crippen LogP contribution is 2.11. The van der Waals surface area contributed by atoms with Crippen LogP contribution in [0.25, 0.3) is 0 Å². The highest BCUT2D eigenvalue weighted by Gasteiger charge is 1.97. The van der Waals surface area contributed by atoms with Crippen LogP contribution in [0.4, 0.5) is 0 Å². The minimum Gasteiger partial charge on any atom is -0.455 e. The van der Waals surface area contributed by atoms with Crippen molar-refractivity contribution in [3.05, 3.63) is 35.9 Å². The van der Waals surface area contributed by atoms with Crippen LogP contribution < -0.4 is 0 Å². The van der Waals surface area contributed by atoms with Crippen LogP contribution in [-0.2, 0) is 20.0 Å². The zero-order valence-corrected chi connectivity index (χ0v) is 13.5. The fourth-order valence-electron chi connectivity index (χ4n) is 1.37. The highest BCUT2D eigenvalue weighted by atomic mass is 32.2. The van der Waals surface area contributed by atoms with E-state index in [0.29, 0.717) is 19.0 Å². The van der Waals surface area contributed by atoms with E-state index >= 15 is 0 Å². The molecule has 5 heteroatoms. The first-order valence-corrected chi connectivity index (χ1v) is 9.06. The lowest BCUT2D eigenvalue weighted by atomic mass is 10.2. The topological polar surface area (TPSA) is 35.5 Å². The Balaban J connectivity index is 1.82. The van der Waals surface area contributed by atoms with Gasteiger partial charge in [0.15, 0.2) is 0 Å². The van der Waals surface area contributed by atoms with Crippen LogP contribution in [0.5, 0.6) is 0 Å². The average Bonchev–Trinajstić information content (AvgIpc) is 2.50. The quantitative estimate of drug-likeness (QED) is 0.354. The van der Waals surface area contributed by atoms with Crippen molar-refractivity contribution in [3.8, 4) is 0 Å². The number of benzene rings is 1. The lowest BCUT2D eigenvalue weighted by Gasteiger charge is -2.05. The van der Waals surface area contributed by atoms with Crippen LogP contribution >= 0.6 is 23.5 Å². The number of esters is 1. The van der Waals surface area contributed by atoms with Gasteiger partial charge in [-0.1, -0.05) is 37.3 Å². The third kappa shape index (κ3) is 9.28. The summed E-state index contributed by atoms with van der Waals surface area (Å²) < 4.78 is 10.5. The van der Waals surface area contributed by atoms with Gasteiger partial charge in [-0.3, -0.25) is 4.79 Å². The third-order valence-corrected chi connectivity index (χ3v) is 4.18. The molecule has 0 amide bonds. The molecule has 0 aliphatic rings. The summed E-state index contributed by atoms with van der Waals surface area (Å²) in [5.74, 6) is 3.19. The standard InChI is InChI=1S/C15H22O3S2/c1-2-15(16)18-13-20-11-9-17-8-10-19-12-14-6-4-3-5-7-14/h3-7H,2,8-13H2,1H3. The molecule has 0 fully saturated rings. The molecule has 0 aliphatic heterocycles. The van der Waals surface area contributed by atoms with Crippen LogP contribution in [0.3, 0.4) is 0 Å². The van der Waals surface area contributed by atoms with E-state index in [1.54, 1.807) is 18.7 Å². The Bertz CT molecular complexity index is 357. The van der Waals surface area contributed by atoms with Gasteiger partial charge >= 0.3 is 5.97 Å². The van der Waals surface area contributed by atoms with Crippen molar-refractivity contribution in [2.45, 2.75) is 19.1 Å². The molecule has 0 spiro atoms. The number of rotatable bonds is 11. The molecule has 112 valence electrons. The zero-order chi connectivity index (χ0) is 14.5. The van der Waals surface area contributed by atoms with Gasteiger partial charge in [-0.15, -0.1) is 11.8 Å². The number of carbonyl (C=O) groups is 1. The normalized spacial score (nSPS) is 10.4. The van der Waals surface area contributed by atoms with Crippen LogP contribution in [0.1, 0.15) is 18.9 Å². The summed E-state index contributed by atoms with van der Waals surface area (Å²) in [4.78, 5) is 10.9. The minimum atomic E-state index is -0.143. The van der Waals surface area contributed by atoms with E-state index < -0.39 is 0 Å². The molecule has 1 aromatic rings. The van der Waals surface area contributed by atoms with E-state index in [4.69, 9.17) is 9.47 Å². The smallest absolute Gasteiger partial charge is 0.306 e. The molecule has 1 rings (SSSR count). The summed E-state index contributed by atoms with van der Waals surface area (Å²) in [5.41, 5.74) is 1.35. The van der Waals surface area contributed by atoms with E-state index in [2.05, 4.69) is 24.3 Å². The van der Waals surface area contributed by atoms with E-state index in [-0.39, 0.29) is 5.97 Å². The fourth-order valence-corrected chi connectivity index (χ4v) is 2.75. The molecule has 0 saturated heterocycles. The molecule has 0 saturated carbocycles. The molecular formula is C15H22O3S2. The number of thioether (sulfide) groups is 2. The Morgan fingerprint density at radius 1 is 1.10 bits per heavy atom. The molecule has 0 aromatic heterocycles. The summed E-state index contributed by atoms with van der Waals surface area (Å²) in [5, 5.41) is 0.